The SMILES string of the molecule is CS(=O)(=O)/C(C#N)=C(/Nc1ccccc1)c1ccccc1. The monoisotopic (exact) mass is 298 g/mol. The van der Waals surface area contributed by atoms with Gasteiger partial charge in [-0.15, -0.1) is 0 Å². The fourth-order valence-electron chi connectivity index (χ4n) is 1.85. The van der Waals surface area contributed by atoms with Gasteiger partial charge in [-0.1, -0.05) is 48.5 Å². The first-order valence-electron chi connectivity index (χ1n) is 6.24. The Labute approximate surface area is 124 Å². The van der Waals surface area contributed by atoms with Crippen LogP contribution in [0.2, 0.25) is 0 Å². The molecule has 106 valence electrons. The van der Waals surface area contributed by atoms with Crippen molar-refractivity contribution in [2.75, 3.05) is 11.6 Å². The quantitative estimate of drug-likeness (QED) is 0.881. The molecular weight excluding hydrogens is 284 g/mol. The number of allylic oxidation sites excluding steroid dienone is 1. The number of sulfone groups is 1. The van der Waals surface area contributed by atoms with E-state index < -0.39 is 9.84 Å². The number of nitrogens with zero attached hydrogens (tertiary/aromatic N) is 1. The van der Waals surface area contributed by atoms with Crippen LogP contribution in [0.1, 0.15) is 5.56 Å². The minimum absolute atomic E-state index is 0.280. The van der Waals surface area contributed by atoms with Gasteiger partial charge in [0.1, 0.15) is 6.07 Å². The number of benzene rings is 2. The lowest BCUT2D eigenvalue weighted by molar-refractivity contribution is 0.608. The molecule has 1 N–H and O–H groups in total. The predicted octanol–water partition coefficient (Wildman–Crippen LogP) is 3.04. The molecule has 5 heteroatoms. The van der Waals surface area contributed by atoms with Crippen LogP contribution in [0, 0.1) is 11.3 Å². The number of hydrogen-bond acceptors (Lipinski definition) is 4. The summed E-state index contributed by atoms with van der Waals surface area (Å²) in [4.78, 5) is -0.280. The summed E-state index contributed by atoms with van der Waals surface area (Å²) >= 11 is 0. The highest BCUT2D eigenvalue weighted by atomic mass is 32.2. The van der Waals surface area contributed by atoms with Gasteiger partial charge in [-0.05, 0) is 12.1 Å². The van der Waals surface area contributed by atoms with Crippen LogP contribution in [0.15, 0.2) is 65.6 Å². The maximum Gasteiger partial charge on any atom is 0.187 e. The molecule has 0 bridgehead atoms. The van der Waals surface area contributed by atoms with Crippen molar-refractivity contribution >= 4 is 21.2 Å². The van der Waals surface area contributed by atoms with Gasteiger partial charge in [0, 0.05) is 17.5 Å². The van der Waals surface area contributed by atoms with E-state index in [0.717, 1.165) is 6.26 Å². The first-order chi connectivity index (χ1) is 10.0. The normalized spacial score (nSPS) is 12.2. The van der Waals surface area contributed by atoms with Gasteiger partial charge in [-0.25, -0.2) is 8.42 Å². The molecule has 0 spiro atoms. The number of para-hydroxylation sites is 1. The topological polar surface area (TPSA) is 70.0 Å². The van der Waals surface area contributed by atoms with E-state index in [9.17, 15) is 13.7 Å². The maximum absolute atomic E-state index is 11.8. The van der Waals surface area contributed by atoms with Crippen LogP contribution in [0.4, 0.5) is 5.69 Å². The minimum Gasteiger partial charge on any atom is -0.353 e. The highest BCUT2D eigenvalue weighted by Crippen LogP contribution is 2.24. The van der Waals surface area contributed by atoms with Crippen LogP contribution < -0.4 is 5.32 Å². The van der Waals surface area contributed by atoms with Gasteiger partial charge >= 0.3 is 0 Å². The zero-order chi connectivity index (χ0) is 15.3. The third-order valence-corrected chi connectivity index (χ3v) is 3.84. The molecular formula is C16H14N2O2S. The van der Waals surface area contributed by atoms with E-state index in [-0.39, 0.29) is 10.6 Å². The first-order valence-corrected chi connectivity index (χ1v) is 8.13. The van der Waals surface area contributed by atoms with Crippen LogP contribution in [-0.2, 0) is 9.84 Å². The summed E-state index contributed by atoms with van der Waals surface area (Å²) < 4.78 is 23.7. The molecule has 2 aromatic rings. The fraction of sp³-hybridized carbons (Fsp3) is 0.0625. The van der Waals surface area contributed by atoms with Gasteiger partial charge < -0.3 is 5.32 Å². The van der Waals surface area contributed by atoms with Gasteiger partial charge in [0.25, 0.3) is 0 Å². The third-order valence-electron chi connectivity index (χ3n) is 2.80. The Bertz CT molecular complexity index is 789. The summed E-state index contributed by atoms with van der Waals surface area (Å²) in [6.07, 6.45) is 1.03. The Morgan fingerprint density at radius 1 is 1.00 bits per heavy atom. The number of nitrogens with one attached hydrogen (secondary N) is 1. The molecule has 0 saturated carbocycles. The van der Waals surface area contributed by atoms with Crippen LogP contribution in [0.5, 0.6) is 0 Å². The second-order valence-corrected chi connectivity index (χ2v) is 6.40. The first kappa shape index (κ1) is 14.8. The van der Waals surface area contributed by atoms with Crippen molar-refractivity contribution in [3.63, 3.8) is 0 Å². The van der Waals surface area contributed by atoms with Crippen molar-refractivity contribution in [2.45, 2.75) is 0 Å². The lowest BCUT2D eigenvalue weighted by atomic mass is 10.1. The molecule has 0 atom stereocenters. The highest BCUT2D eigenvalue weighted by molar-refractivity contribution is 7.95. The zero-order valence-electron chi connectivity index (χ0n) is 11.4. The molecule has 2 rings (SSSR count). The molecule has 0 heterocycles. The molecule has 0 unspecified atom stereocenters. The summed E-state index contributed by atoms with van der Waals surface area (Å²) in [5.74, 6) is 0. The highest BCUT2D eigenvalue weighted by Gasteiger charge is 2.19. The molecule has 0 aliphatic carbocycles. The van der Waals surface area contributed by atoms with Gasteiger partial charge in [0.2, 0.25) is 0 Å². The molecule has 0 radical (unpaired) electrons. The number of hydrogen-bond donors (Lipinski definition) is 1. The van der Waals surface area contributed by atoms with Crippen LogP contribution in [0.25, 0.3) is 5.70 Å². The average molecular weight is 298 g/mol. The molecule has 4 nitrogen and oxygen atoms in total. The Kier molecular flexibility index (Phi) is 4.41. The molecule has 0 aliphatic rings. The average Bonchev–Trinajstić information content (AvgIpc) is 2.47. The summed E-state index contributed by atoms with van der Waals surface area (Å²) in [6, 6.07) is 19.8. The number of anilines is 1. The summed E-state index contributed by atoms with van der Waals surface area (Å²) in [7, 11) is -3.63. The summed E-state index contributed by atoms with van der Waals surface area (Å²) in [5.41, 5.74) is 1.64. The number of nitriles is 1. The number of rotatable bonds is 4. The minimum atomic E-state index is -3.63. The van der Waals surface area contributed by atoms with Crippen LogP contribution in [-0.4, -0.2) is 14.7 Å². The summed E-state index contributed by atoms with van der Waals surface area (Å²) in [5, 5.41) is 12.3. The van der Waals surface area contributed by atoms with Crippen molar-refractivity contribution in [3.8, 4) is 6.07 Å². The van der Waals surface area contributed by atoms with E-state index >= 15 is 0 Å². The van der Waals surface area contributed by atoms with Gasteiger partial charge in [-0.3, -0.25) is 0 Å². The second-order valence-electron chi connectivity index (χ2n) is 4.45. The van der Waals surface area contributed by atoms with E-state index in [1.807, 2.05) is 24.3 Å². The van der Waals surface area contributed by atoms with Gasteiger partial charge in [-0.2, -0.15) is 5.26 Å². The van der Waals surface area contributed by atoms with Gasteiger partial charge in [0.05, 0.1) is 5.70 Å². The van der Waals surface area contributed by atoms with E-state index in [1.54, 1.807) is 42.5 Å². The zero-order valence-corrected chi connectivity index (χ0v) is 12.3. The Hall–Kier alpha value is -2.58. The van der Waals surface area contributed by atoms with Crippen LogP contribution in [0.3, 0.4) is 0 Å². The Morgan fingerprint density at radius 2 is 1.52 bits per heavy atom. The predicted molar refractivity (Wildman–Crippen MR) is 83.9 cm³/mol. The molecule has 21 heavy (non-hydrogen) atoms. The van der Waals surface area contributed by atoms with Crippen molar-refractivity contribution in [2.24, 2.45) is 0 Å². The van der Waals surface area contributed by atoms with E-state index in [0.29, 0.717) is 11.3 Å². The molecule has 0 aromatic heterocycles. The molecule has 0 saturated heterocycles. The summed E-state index contributed by atoms with van der Waals surface area (Å²) in [6.45, 7) is 0. The van der Waals surface area contributed by atoms with E-state index in [2.05, 4.69) is 5.32 Å². The lowest BCUT2D eigenvalue weighted by Gasteiger charge is -2.13. The third kappa shape index (κ3) is 3.71. The van der Waals surface area contributed by atoms with Gasteiger partial charge in [0.15, 0.2) is 14.7 Å². The maximum atomic E-state index is 11.8. The van der Waals surface area contributed by atoms with Crippen molar-refractivity contribution in [1.82, 2.24) is 0 Å². The molecule has 0 amide bonds. The molecule has 0 aliphatic heterocycles. The standard InChI is InChI=1S/C16H14N2O2S/c1-21(19,20)15(12-17)16(13-8-4-2-5-9-13)18-14-10-6-3-7-11-14/h2-11,18H,1H3/b16-15+. The van der Waals surface area contributed by atoms with Crippen molar-refractivity contribution in [1.29, 1.82) is 5.26 Å². The second kappa shape index (κ2) is 6.25. The van der Waals surface area contributed by atoms with Crippen molar-refractivity contribution < 1.29 is 8.42 Å². The lowest BCUT2D eigenvalue weighted by Crippen LogP contribution is -2.09. The Balaban J connectivity index is 2.61. The van der Waals surface area contributed by atoms with Crippen molar-refractivity contribution in [3.05, 3.63) is 71.1 Å². The molecule has 2 aromatic carbocycles. The van der Waals surface area contributed by atoms with E-state index in [1.165, 1.54) is 0 Å². The Morgan fingerprint density at radius 3 is 2.00 bits per heavy atom. The van der Waals surface area contributed by atoms with Crippen LogP contribution >= 0.6 is 0 Å². The largest absolute Gasteiger partial charge is 0.353 e. The molecule has 0 fully saturated rings. The van der Waals surface area contributed by atoms with E-state index in [4.69, 9.17) is 0 Å². The smallest absolute Gasteiger partial charge is 0.187 e. The fourth-order valence-corrected chi connectivity index (χ4v) is 2.56.